The number of Topliss-reactive ketones (excluding diaryl/α,β-unsaturated/α-hetero) is 1. The molecule has 0 aromatic rings. The first-order valence-electron chi connectivity index (χ1n) is 8.54. The third-order valence-electron chi connectivity index (χ3n) is 3.88. The van der Waals surface area contributed by atoms with Gasteiger partial charge in [-0.25, -0.2) is 0 Å². The van der Waals surface area contributed by atoms with E-state index in [2.05, 4.69) is 19.6 Å². The molecule has 0 heterocycles. The van der Waals surface area contributed by atoms with Crippen LogP contribution in [0.25, 0.3) is 0 Å². The lowest BCUT2D eigenvalue weighted by molar-refractivity contribution is -0.408. The van der Waals surface area contributed by atoms with Gasteiger partial charge in [0.05, 0.1) is 0 Å². The minimum Gasteiger partial charge on any atom is -0.390 e. The lowest BCUT2D eigenvalue weighted by Gasteiger charge is -2.05. The van der Waals surface area contributed by atoms with E-state index >= 15 is 0 Å². The largest absolute Gasteiger partial charge is 0.390 e. The molecule has 0 radical (unpaired) electrons. The molecule has 0 bridgehead atoms. The Kier molecular flexibility index (Phi) is 13.3. The van der Waals surface area contributed by atoms with E-state index < -0.39 is 6.04 Å². The molecule has 0 aliphatic heterocycles. The second kappa shape index (κ2) is 13.6. The van der Waals surface area contributed by atoms with Gasteiger partial charge in [-0.3, -0.25) is 4.79 Å². The van der Waals surface area contributed by atoms with Gasteiger partial charge in [0.1, 0.15) is 6.61 Å². The summed E-state index contributed by atoms with van der Waals surface area (Å²) in [6.07, 6.45) is 13.4. The number of aliphatic hydroxyl groups is 1. The summed E-state index contributed by atoms with van der Waals surface area (Å²) in [6, 6.07) is -0.416. The maximum atomic E-state index is 11.4. The van der Waals surface area contributed by atoms with E-state index in [1.165, 1.54) is 51.4 Å². The fourth-order valence-corrected chi connectivity index (χ4v) is 2.40. The summed E-state index contributed by atoms with van der Waals surface area (Å²) in [7, 11) is 0. The summed E-state index contributed by atoms with van der Waals surface area (Å²) >= 11 is 0. The third-order valence-corrected chi connectivity index (χ3v) is 3.88. The molecule has 0 fully saturated rings. The molecular formula is C17H36NO2+. The summed E-state index contributed by atoms with van der Waals surface area (Å²) in [6.45, 7) is 4.47. The smallest absolute Gasteiger partial charge is 0.192 e. The molecular weight excluding hydrogens is 250 g/mol. The van der Waals surface area contributed by atoms with Gasteiger partial charge in [-0.15, -0.1) is 0 Å². The SMILES string of the molecule is CC(C)CCCCCCCCCCCC(=O)[C@@H]([NH3+])CO. The van der Waals surface area contributed by atoms with E-state index in [-0.39, 0.29) is 12.4 Å². The summed E-state index contributed by atoms with van der Waals surface area (Å²) < 4.78 is 0. The van der Waals surface area contributed by atoms with Crippen molar-refractivity contribution in [3.63, 3.8) is 0 Å². The molecule has 0 amide bonds. The molecule has 0 rings (SSSR count). The highest BCUT2D eigenvalue weighted by atomic mass is 16.3. The Morgan fingerprint density at radius 3 is 1.80 bits per heavy atom. The number of hydrogen-bond donors (Lipinski definition) is 2. The van der Waals surface area contributed by atoms with Crippen molar-refractivity contribution in [1.82, 2.24) is 0 Å². The predicted octanol–water partition coefficient (Wildman–Crippen LogP) is 3.11. The maximum absolute atomic E-state index is 11.4. The Labute approximate surface area is 125 Å². The molecule has 0 aromatic heterocycles. The van der Waals surface area contributed by atoms with Crippen molar-refractivity contribution < 1.29 is 15.6 Å². The molecule has 0 aliphatic rings. The van der Waals surface area contributed by atoms with Gasteiger partial charge in [-0.2, -0.15) is 0 Å². The number of ketones is 1. The summed E-state index contributed by atoms with van der Waals surface area (Å²) in [5.41, 5.74) is 3.63. The van der Waals surface area contributed by atoms with Crippen LogP contribution in [0.3, 0.4) is 0 Å². The Bertz CT molecular complexity index is 229. The van der Waals surface area contributed by atoms with Crippen LogP contribution in [0, 0.1) is 5.92 Å². The summed E-state index contributed by atoms with van der Waals surface area (Å²) in [4.78, 5) is 11.4. The van der Waals surface area contributed by atoms with Crippen molar-refractivity contribution in [1.29, 1.82) is 0 Å². The van der Waals surface area contributed by atoms with E-state index in [1.807, 2.05) is 0 Å². The van der Waals surface area contributed by atoms with Crippen molar-refractivity contribution >= 4 is 5.78 Å². The molecule has 20 heavy (non-hydrogen) atoms. The quantitative estimate of drug-likeness (QED) is 0.482. The van der Waals surface area contributed by atoms with Crippen LogP contribution >= 0.6 is 0 Å². The lowest BCUT2D eigenvalue weighted by atomic mass is 10.0. The number of carbonyl (C=O) groups excluding carboxylic acids is 1. The molecule has 1 atom stereocenters. The minimum atomic E-state index is -0.416. The van der Waals surface area contributed by atoms with Gasteiger partial charge >= 0.3 is 0 Å². The number of quaternary nitrogens is 1. The second-order valence-electron chi connectivity index (χ2n) is 6.46. The zero-order valence-corrected chi connectivity index (χ0v) is 13.7. The van der Waals surface area contributed by atoms with Crippen LogP contribution < -0.4 is 5.73 Å². The highest BCUT2D eigenvalue weighted by Gasteiger charge is 2.14. The normalized spacial score (nSPS) is 12.8. The fraction of sp³-hybridized carbons (Fsp3) is 0.941. The summed E-state index contributed by atoms with van der Waals surface area (Å²) in [5.74, 6) is 0.958. The molecule has 3 heteroatoms. The number of carbonyl (C=O) groups is 1. The van der Waals surface area contributed by atoms with Gasteiger partial charge < -0.3 is 10.8 Å². The molecule has 0 unspecified atom stereocenters. The van der Waals surface area contributed by atoms with Crippen LogP contribution in [0.5, 0.6) is 0 Å². The van der Waals surface area contributed by atoms with Crippen LogP contribution in [-0.2, 0) is 4.79 Å². The van der Waals surface area contributed by atoms with E-state index in [1.54, 1.807) is 0 Å². The highest BCUT2D eigenvalue weighted by molar-refractivity contribution is 5.82. The molecule has 120 valence electrons. The number of hydrogen-bond acceptors (Lipinski definition) is 2. The van der Waals surface area contributed by atoms with Gasteiger partial charge in [0.25, 0.3) is 0 Å². The Morgan fingerprint density at radius 2 is 1.35 bits per heavy atom. The Morgan fingerprint density at radius 1 is 0.900 bits per heavy atom. The predicted molar refractivity (Wildman–Crippen MR) is 84.4 cm³/mol. The van der Waals surface area contributed by atoms with E-state index in [9.17, 15) is 4.79 Å². The summed E-state index contributed by atoms with van der Waals surface area (Å²) in [5, 5.41) is 8.81. The monoisotopic (exact) mass is 286 g/mol. The van der Waals surface area contributed by atoms with E-state index in [0.717, 1.165) is 18.8 Å². The second-order valence-corrected chi connectivity index (χ2v) is 6.46. The Balaban J connectivity index is 3.15. The van der Waals surface area contributed by atoms with Crippen molar-refractivity contribution in [2.45, 2.75) is 90.5 Å². The van der Waals surface area contributed by atoms with E-state index in [0.29, 0.717) is 6.42 Å². The van der Waals surface area contributed by atoms with Crippen molar-refractivity contribution in [2.75, 3.05) is 6.61 Å². The van der Waals surface area contributed by atoms with E-state index in [4.69, 9.17) is 5.11 Å². The number of rotatable bonds is 14. The van der Waals surface area contributed by atoms with Gasteiger partial charge in [0.2, 0.25) is 0 Å². The van der Waals surface area contributed by atoms with Gasteiger partial charge in [0, 0.05) is 6.42 Å². The average Bonchev–Trinajstić information content (AvgIpc) is 2.43. The topological polar surface area (TPSA) is 64.9 Å². The first kappa shape index (κ1) is 19.6. The van der Waals surface area contributed by atoms with Crippen LogP contribution in [-0.4, -0.2) is 23.5 Å². The average molecular weight is 286 g/mol. The van der Waals surface area contributed by atoms with Crippen molar-refractivity contribution in [3.05, 3.63) is 0 Å². The highest BCUT2D eigenvalue weighted by Crippen LogP contribution is 2.13. The lowest BCUT2D eigenvalue weighted by Crippen LogP contribution is -2.66. The zero-order valence-electron chi connectivity index (χ0n) is 13.7. The first-order chi connectivity index (χ1) is 9.57. The van der Waals surface area contributed by atoms with Crippen molar-refractivity contribution in [2.24, 2.45) is 5.92 Å². The number of aliphatic hydroxyl groups excluding tert-OH is 1. The fourth-order valence-electron chi connectivity index (χ4n) is 2.40. The molecule has 3 nitrogen and oxygen atoms in total. The third kappa shape index (κ3) is 12.6. The molecule has 0 aliphatic carbocycles. The van der Waals surface area contributed by atoms with Crippen LogP contribution in [0.4, 0.5) is 0 Å². The molecule has 0 aromatic carbocycles. The number of unbranched alkanes of at least 4 members (excludes halogenated alkanes) is 8. The molecule has 0 saturated heterocycles. The van der Waals surface area contributed by atoms with Crippen LogP contribution in [0.1, 0.15) is 84.5 Å². The first-order valence-corrected chi connectivity index (χ1v) is 8.54. The zero-order chi connectivity index (χ0) is 15.2. The van der Waals surface area contributed by atoms with Crippen LogP contribution in [0.2, 0.25) is 0 Å². The van der Waals surface area contributed by atoms with Gasteiger partial charge in [-0.05, 0) is 12.3 Å². The molecule has 0 spiro atoms. The maximum Gasteiger partial charge on any atom is 0.192 e. The van der Waals surface area contributed by atoms with Crippen molar-refractivity contribution in [3.8, 4) is 0 Å². The minimum absolute atomic E-state index is 0.109. The van der Waals surface area contributed by atoms with Gasteiger partial charge in [0.15, 0.2) is 11.8 Å². The van der Waals surface area contributed by atoms with Crippen LogP contribution in [0.15, 0.2) is 0 Å². The van der Waals surface area contributed by atoms with Gasteiger partial charge in [-0.1, -0.05) is 71.6 Å². The molecule has 4 N–H and O–H groups in total. The molecule has 0 saturated carbocycles. The Hall–Kier alpha value is -0.410. The standard InChI is InChI=1S/C17H35NO2/c1-15(2)12-10-8-6-4-3-5-7-9-11-13-17(20)16(18)14-19/h15-16,19H,3-14,18H2,1-2H3/p+1/t16-/m0/s1.